The van der Waals surface area contributed by atoms with Crippen molar-refractivity contribution in [1.82, 2.24) is 19.9 Å². The Morgan fingerprint density at radius 2 is 2.22 bits per heavy atom. The normalized spacial score (nSPS) is 14.5. The van der Waals surface area contributed by atoms with E-state index in [9.17, 15) is 9.59 Å². The number of nitrogens with zero attached hydrogens (tertiary/aromatic N) is 2. The fourth-order valence-corrected chi connectivity index (χ4v) is 3.94. The van der Waals surface area contributed by atoms with Crippen LogP contribution in [-0.2, 0) is 11.3 Å². The van der Waals surface area contributed by atoms with E-state index in [1.54, 1.807) is 0 Å². The molecule has 2 aromatic heterocycles. The molecular weight excluding hydrogens is 408 g/mol. The standard InChI is InChI=1S/C20H21BrN4O2/c21-14-6-7-16-15(10-14)18-19(24-16)20(27)25(12-23-18)11-17(26)22-9-8-13-4-2-1-3-5-13/h4,6-7,10,12,24H,1-3,5,8-9,11H2,(H,22,26). The van der Waals surface area contributed by atoms with Crippen molar-refractivity contribution in [3.63, 3.8) is 0 Å². The molecule has 0 saturated heterocycles. The van der Waals surface area contributed by atoms with Crippen molar-refractivity contribution in [2.24, 2.45) is 0 Å². The first kappa shape index (κ1) is 18.0. The summed E-state index contributed by atoms with van der Waals surface area (Å²) in [6.07, 6.45) is 9.39. The molecule has 7 heteroatoms. The highest BCUT2D eigenvalue weighted by Crippen LogP contribution is 2.24. The number of carbonyl (C=O) groups excluding carboxylic acids is 1. The summed E-state index contributed by atoms with van der Waals surface area (Å²) in [4.78, 5) is 32.5. The third-order valence-corrected chi connectivity index (χ3v) is 5.49. The molecule has 0 bridgehead atoms. The minimum atomic E-state index is -0.238. The molecule has 1 aromatic carbocycles. The van der Waals surface area contributed by atoms with Crippen molar-refractivity contribution in [3.8, 4) is 0 Å². The van der Waals surface area contributed by atoms with Crippen LogP contribution >= 0.6 is 15.9 Å². The molecule has 2 N–H and O–H groups in total. The number of hydrogen-bond acceptors (Lipinski definition) is 3. The molecule has 1 amide bonds. The van der Waals surface area contributed by atoms with E-state index in [0.29, 0.717) is 17.6 Å². The summed E-state index contributed by atoms with van der Waals surface area (Å²) in [5, 5.41) is 3.79. The Bertz CT molecular complexity index is 1100. The molecule has 140 valence electrons. The monoisotopic (exact) mass is 428 g/mol. The van der Waals surface area contributed by atoms with Crippen LogP contribution in [0.2, 0.25) is 0 Å². The molecule has 3 aromatic rings. The molecule has 0 unspecified atom stereocenters. The lowest BCUT2D eigenvalue weighted by Crippen LogP contribution is -2.33. The van der Waals surface area contributed by atoms with E-state index in [1.165, 1.54) is 29.3 Å². The molecule has 0 saturated carbocycles. The van der Waals surface area contributed by atoms with Crippen molar-refractivity contribution in [3.05, 3.63) is 51.0 Å². The van der Waals surface area contributed by atoms with Gasteiger partial charge in [0.1, 0.15) is 17.6 Å². The second kappa shape index (κ2) is 7.68. The van der Waals surface area contributed by atoms with Gasteiger partial charge in [0.25, 0.3) is 5.56 Å². The van der Waals surface area contributed by atoms with Gasteiger partial charge in [0.15, 0.2) is 0 Å². The Morgan fingerprint density at radius 3 is 3.04 bits per heavy atom. The SMILES string of the molecule is O=C(Cn1cnc2c([nH]c3ccc(Br)cc32)c1=O)NCCC1=CCCCC1. The van der Waals surface area contributed by atoms with E-state index >= 15 is 0 Å². The smallest absolute Gasteiger partial charge is 0.278 e. The van der Waals surface area contributed by atoms with Crippen LogP contribution in [0.1, 0.15) is 32.1 Å². The summed E-state index contributed by atoms with van der Waals surface area (Å²) in [6.45, 7) is 0.579. The lowest BCUT2D eigenvalue weighted by atomic mass is 9.97. The van der Waals surface area contributed by atoms with Gasteiger partial charge in [-0.2, -0.15) is 0 Å². The Balaban J connectivity index is 1.47. The van der Waals surface area contributed by atoms with Crippen LogP contribution in [0.25, 0.3) is 21.9 Å². The zero-order chi connectivity index (χ0) is 18.8. The lowest BCUT2D eigenvalue weighted by molar-refractivity contribution is -0.121. The summed E-state index contributed by atoms with van der Waals surface area (Å²) >= 11 is 3.44. The summed E-state index contributed by atoms with van der Waals surface area (Å²) in [6, 6.07) is 5.74. The molecule has 0 fully saturated rings. The Kier molecular flexibility index (Phi) is 5.11. The highest BCUT2D eigenvalue weighted by molar-refractivity contribution is 9.10. The molecule has 6 nitrogen and oxygen atoms in total. The number of benzene rings is 1. The van der Waals surface area contributed by atoms with E-state index in [4.69, 9.17) is 0 Å². The van der Waals surface area contributed by atoms with Gasteiger partial charge in [0.2, 0.25) is 5.91 Å². The zero-order valence-corrected chi connectivity index (χ0v) is 16.5. The highest BCUT2D eigenvalue weighted by atomic mass is 79.9. The van der Waals surface area contributed by atoms with Gasteiger partial charge in [-0.1, -0.05) is 27.6 Å². The third kappa shape index (κ3) is 3.83. The van der Waals surface area contributed by atoms with Crippen LogP contribution in [0.5, 0.6) is 0 Å². The number of fused-ring (bicyclic) bond motifs is 3. The number of allylic oxidation sites excluding steroid dienone is 1. The minimum absolute atomic E-state index is 0.0279. The fourth-order valence-electron chi connectivity index (χ4n) is 3.58. The fraction of sp³-hybridized carbons (Fsp3) is 0.350. The average molecular weight is 429 g/mol. The first-order valence-corrected chi connectivity index (χ1v) is 10.0. The van der Waals surface area contributed by atoms with E-state index < -0.39 is 0 Å². The molecule has 1 aliphatic rings. The lowest BCUT2D eigenvalue weighted by Gasteiger charge is -2.13. The average Bonchev–Trinajstić information content (AvgIpc) is 3.03. The number of H-pyrrole nitrogens is 1. The van der Waals surface area contributed by atoms with Gasteiger partial charge in [-0.3, -0.25) is 14.2 Å². The first-order chi connectivity index (χ1) is 13.1. The second-order valence-electron chi connectivity index (χ2n) is 6.92. The maximum absolute atomic E-state index is 12.7. The van der Waals surface area contributed by atoms with E-state index in [1.807, 2.05) is 18.2 Å². The van der Waals surface area contributed by atoms with Crippen LogP contribution in [-0.4, -0.2) is 27.0 Å². The van der Waals surface area contributed by atoms with Gasteiger partial charge >= 0.3 is 0 Å². The van der Waals surface area contributed by atoms with E-state index in [2.05, 4.69) is 37.3 Å². The number of aromatic nitrogens is 3. The predicted molar refractivity (Wildman–Crippen MR) is 110 cm³/mol. The molecule has 0 atom stereocenters. The summed E-state index contributed by atoms with van der Waals surface area (Å²) in [5.41, 5.74) is 3.08. The number of amides is 1. The molecule has 2 heterocycles. The maximum Gasteiger partial charge on any atom is 0.278 e. The van der Waals surface area contributed by atoms with Crippen molar-refractivity contribution < 1.29 is 4.79 Å². The summed E-state index contributed by atoms with van der Waals surface area (Å²) in [7, 11) is 0. The quantitative estimate of drug-likeness (QED) is 0.608. The van der Waals surface area contributed by atoms with E-state index in [-0.39, 0.29) is 18.0 Å². The van der Waals surface area contributed by atoms with Gasteiger partial charge < -0.3 is 10.3 Å². The molecule has 27 heavy (non-hydrogen) atoms. The highest BCUT2D eigenvalue weighted by Gasteiger charge is 2.13. The maximum atomic E-state index is 12.7. The third-order valence-electron chi connectivity index (χ3n) is 5.00. The Labute approximate surface area is 164 Å². The second-order valence-corrected chi connectivity index (χ2v) is 7.84. The zero-order valence-electron chi connectivity index (χ0n) is 14.9. The van der Waals surface area contributed by atoms with Crippen molar-refractivity contribution >= 4 is 43.8 Å². The number of aromatic amines is 1. The van der Waals surface area contributed by atoms with Gasteiger partial charge in [-0.15, -0.1) is 0 Å². The van der Waals surface area contributed by atoms with Crippen LogP contribution in [0.4, 0.5) is 0 Å². The van der Waals surface area contributed by atoms with Gasteiger partial charge in [-0.05, 0) is 50.3 Å². The molecule has 0 aliphatic heterocycles. The summed E-state index contributed by atoms with van der Waals surface area (Å²) in [5.74, 6) is -0.173. The van der Waals surface area contributed by atoms with Crippen LogP contribution in [0.15, 0.2) is 45.4 Å². The minimum Gasteiger partial charge on any atom is -0.354 e. The predicted octanol–water partition coefficient (Wildman–Crippen LogP) is 3.65. The number of hydrogen-bond donors (Lipinski definition) is 2. The number of carbonyl (C=O) groups is 1. The Morgan fingerprint density at radius 1 is 1.33 bits per heavy atom. The van der Waals surface area contributed by atoms with E-state index in [0.717, 1.165) is 34.6 Å². The topological polar surface area (TPSA) is 79.8 Å². The van der Waals surface area contributed by atoms with Crippen LogP contribution in [0, 0.1) is 0 Å². The van der Waals surface area contributed by atoms with Gasteiger partial charge in [0.05, 0.1) is 6.33 Å². The van der Waals surface area contributed by atoms with Crippen molar-refractivity contribution in [2.75, 3.05) is 6.54 Å². The van der Waals surface area contributed by atoms with Gasteiger partial charge in [-0.25, -0.2) is 4.98 Å². The number of nitrogens with one attached hydrogen (secondary N) is 2. The van der Waals surface area contributed by atoms with Crippen molar-refractivity contribution in [1.29, 1.82) is 0 Å². The van der Waals surface area contributed by atoms with Crippen LogP contribution in [0.3, 0.4) is 0 Å². The molecule has 0 radical (unpaired) electrons. The molecule has 0 spiro atoms. The first-order valence-electron chi connectivity index (χ1n) is 9.23. The largest absolute Gasteiger partial charge is 0.354 e. The van der Waals surface area contributed by atoms with Gasteiger partial charge in [0, 0.05) is 21.9 Å². The Hall–Kier alpha value is -2.41. The van der Waals surface area contributed by atoms with Crippen molar-refractivity contribution in [2.45, 2.75) is 38.6 Å². The molecule has 4 rings (SSSR count). The molecule has 1 aliphatic carbocycles. The molecular formula is C20H21BrN4O2. The summed E-state index contributed by atoms with van der Waals surface area (Å²) < 4.78 is 2.27. The number of rotatable bonds is 5. The number of halogens is 1. The van der Waals surface area contributed by atoms with Crippen LogP contribution < -0.4 is 10.9 Å².